The van der Waals surface area contributed by atoms with Crippen molar-refractivity contribution in [2.45, 2.75) is 62.7 Å². The fourth-order valence-corrected chi connectivity index (χ4v) is 5.67. The van der Waals surface area contributed by atoms with Gasteiger partial charge in [-0.2, -0.15) is 0 Å². The molecule has 2 N–H and O–H groups in total. The van der Waals surface area contributed by atoms with Gasteiger partial charge >= 0.3 is 0 Å². The lowest BCUT2D eigenvalue weighted by molar-refractivity contribution is -0.142. The highest BCUT2D eigenvalue weighted by Gasteiger charge is 2.40. The lowest BCUT2D eigenvalue weighted by Gasteiger charge is -2.32. The van der Waals surface area contributed by atoms with Gasteiger partial charge < -0.3 is 20.4 Å². The molecule has 4 atom stereocenters. The molecule has 3 aliphatic rings. The van der Waals surface area contributed by atoms with Crippen molar-refractivity contribution < 1.29 is 19.2 Å². The molecule has 5 rings (SSSR count). The summed E-state index contributed by atoms with van der Waals surface area (Å²) in [5.41, 5.74) is 1.65. The molecule has 8 nitrogen and oxygen atoms in total. The first-order valence-electron chi connectivity index (χ1n) is 12.8. The van der Waals surface area contributed by atoms with Crippen molar-refractivity contribution in [1.82, 2.24) is 20.4 Å². The van der Waals surface area contributed by atoms with E-state index in [1.54, 1.807) is 9.80 Å². The molecule has 2 aromatic rings. The quantitative estimate of drug-likeness (QED) is 0.679. The van der Waals surface area contributed by atoms with Gasteiger partial charge in [-0.25, -0.2) is 0 Å². The highest BCUT2D eigenvalue weighted by atomic mass is 16.2. The summed E-state index contributed by atoms with van der Waals surface area (Å²) < 4.78 is 0. The average Bonchev–Trinajstić information content (AvgIpc) is 3.59. The normalized spacial score (nSPS) is 27.7. The summed E-state index contributed by atoms with van der Waals surface area (Å²) in [6.07, 6.45) is 2.73. The molecule has 3 saturated heterocycles. The summed E-state index contributed by atoms with van der Waals surface area (Å²) in [4.78, 5) is 57.1. The molecule has 0 aromatic heterocycles. The molecule has 0 spiro atoms. The molecular weight excluding hydrogens is 456 g/mol. The van der Waals surface area contributed by atoms with Crippen molar-refractivity contribution in [3.05, 3.63) is 71.8 Å². The number of hydrogen-bond acceptors (Lipinski definition) is 4. The lowest BCUT2D eigenvalue weighted by atomic mass is 10.00. The van der Waals surface area contributed by atoms with Crippen molar-refractivity contribution in [3.63, 3.8) is 0 Å². The Bertz CT molecular complexity index is 985. The second-order valence-electron chi connectivity index (χ2n) is 9.84. The Hall–Kier alpha value is -3.68. The van der Waals surface area contributed by atoms with Crippen molar-refractivity contribution in [2.24, 2.45) is 0 Å². The van der Waals surface area contributed by atoms with E-state index in [1.165, 1.54) is 0 Å². The fourth-order valence-electron chi connectivity index (χ4n) is 5.67. The number of fused-ring (bicyclic) bond motifs is 2. The first-order valence-corrected chi connectivity index (χ1v) is 12.8. The summed E-state index contributed by atoms with van der Waals surface area (Å²) in [6, 6.07) is 16.6. The smallest absolute Gasteiger partial charge is 0.243 e. The number of nitrogens with one attached hydrogen (secondary N) is 2. The number of benzene rings is 2. The summed E-state index contributed by atoms with van der Waals surface area (Å²) >= 11 is 0. The molecular formula is C28H32N4O4. The molecule has 0 unspecified atom stereocenters. The molecule has 3 heterocycles. The minimum absolute atomic E-state index is 0.0579. The van der Waals surface area contributed by atoms with E-state index in [9.17, 15) is 19.2 Å². The number of carbonyl (C=O) groups excluding carboxylic acids is 4. The van der Waals surface area contributed by atoms with Gasteiger partial charge in [-0.05, 0) is 36.8 Å². The number of hydrogen-bond donors (Lipinski definition) is 2. The van der Waals surface area contributed by atoms with Crippen LogP contribution in [0.5, 0.6) is 0 Å². The zero-order chi connectivity index (χ0) is 25.1. The third-order valence-corrected chi connectivity index (χ3v) is 7.55. The second kappa shape index (κ2) is 10.5. The minimum atomic E-state index is -0.589. The van der Waals surface area contributed by atoms with Crippen LogP contribution >= 0.6 is 0 Å². The fraction of sp³-hybridized carbons (Fsp3) is 0.429. The number of nitrogens with zero attached hydrogens (tertiary/aromatic N) is 2. The third-order valence-electron chi connectivity index (χ3n) is 7.55. The highest BCUT2D eigenvalue weighted by molar-refractivity contribution is 5.92. The molecule has 4 amide bonds. The summed E-state index contributed by atoms with van der Waals surface area (Å²) in [5.74, 6) is -0.792. The summed E-state index contributed by atoms with van der Waals surface area (Å²) in [5, 5.41) is 6.13. The van der Waals surface area contributed by atoms with Crippen LogP contribution < -0.4 is 10.6 Å². The molecule has 36 heavy (non-hydrogen) atoms. The zero-order valence-corrected chi connectivity index (χ0v) is 20.3. The Morgan fingerprint density at radius 2 is 0.972 bits per heavy atom. The van der Waals surface area contributed by atoms with Gasteiger partial charge in [0.15, 0.2) is 0 Å². The van der Waals surface area contributed by atoms with Crippen LogP contribution in [-0.4, -0.2) is 58.6 Å². The van der Waals surface area contributed by atoms with Crippen LogP contribution in [-0.2, 0) is 19.2 Å². The molecule has 3 aliphatic heterocycles. The van der Waals surface area contributed by atoms with E-state index in [1.807, 2.05) is 60.7 Å². The van der Waals surface area contributed by atoms with E-state index in [2.05, 4.69) is 10.6 Å². The first-order chi connectivity index (χ1) is 17.5. The van der Waals surface area contributed by atoms with E-state index in [0.717, 1.165) is 24.0 Å². The zero-order valence-electron chi connectivity index (χ0n) is 20.3. The van der Waals surface area contributed by atoms with Gasteiger partial charge in [-0.15, -0.1) is 0 Å². The molecule has 0 aliphatic carbocycles. The van der Waals surface area contributed by atoms with Gasteiger partial charge in [0.1, 0.15) is 12.1 Å². The van der Waals surface area contributed by atoms with Gasteiger partial charge in [0.2, 0.25) is 23.6 Å². The monoisotopic (exact) mass is 488 g/mol. The number of carbonyl (C=O) groups is 4. The predicted molar refractivity (Wildman–Crippen MR) is 133 cm³/mol. The van der Waals surface area contributed by atoms with Crippen LogP contribution in [0.3, 0.4) is 0 Å². The SMILES string of the molecule is O=C1N[C@H](c2ccccc2)CC(=O)N2CCC[C@H]2C(=O)N[C@H](c2ccccc2)CC(=O)N2CCC[C@@H]12. The second-order valence-corrected chi connectivity index (χ2v) is 9.84. The minimum Gasteiger partial charge on any atom is -0.347 e. The Morgan fingerprint density at radius 3 is 1.36 bits per heavy atom. The van der Waals surface area contributed by atoms with E-state index in [0.29, 0.717) is 25.9 Å². The van der Waals surface area contributed by atoms with Crippen molar-refractivity contribution >= 4 is 23.6 Å². The molecule has 8 heteroatoms. The van der Waals surface area contributed by atoms with Crippen LogP contribution in [0.1, 0.15) is 61.7 Å². The van der Waals surface area contributed by atoms with Crippen molar-refractivity contribution in [1.29, 1.82) is 0 Å². The van der Waals surface area contributed by atoms with Crippen molar-refractivity contribution in [2.75, 3.05) is 13.1 Å². The van der Waals surface area contributed by atoms with Gasteiger partial charge in [-0.1, -0.05) is 60.7 Å². The topological polar surface area (TPSA) is 98.8 Å². The van der Waals surface area contributed by atoms with Crippen LogP contribution in [0.15, 0.2) is 60.7 Å². The Labute approximate surface area is 211 Å². The molecule has 0 radical (unpaired) electrons. The van der Waals surface area contributed by atoms with Crippen LogP contribution in [0.25, 0.3) is 0 Å². The van der Waals surface area contributed by atoms with Gasteiger partial charge in [0.05, 0.1) is 24.9 Å². The largest absolute Gasteiger partial charge is 0.347 e. The molecule has 0 bridgehead atoms. The standard InChI is InChI=1S/C28H32N4O4/c33-25-17-21(19-9-3-1-4-10-19)29-27(35)23-13-7-16-32(23)26(34)18-22(20-11-5-2-6-12-20)30-28(36)24-14-8-15-31(24)25/h1-6,9-12,21-24H,7-8,13-18H2,(H,29,35)(H,30,36)/t21-,22-,23-,24-/m0/s1. The van der Waals surface area contributed by atoms with Gasteiger partial charge in [0, 0.05) is 13.1 Å². The van der Waals surface area contributed by atoms with Crippen LogP contribution in [0, 0.1) is 0 Å². The van der Waals surface area contributed by atoms with Crippen LogP contribution in [0.2, 0.25) is 0 Å². The molecule has 3 fully saturated rings. The molecule has 0 saturated carbocycles. The predicted octanol–water partition coefficient (Wildman–Crippen LogP) is 2.48. The first kappa shape index (κ1) is 24.0. The molecule has 2 aromatic carbocycles. The van der Waals surface area contributed by atoms with Crippen LogP contribution in [0.4, 0.5) is 0 Å². The number of amides is 4. The number of rotatable bonds is 2. The van der Waals surface area contributed by atoms with E-state index in [-0.39, 0.29) is 36.5 Å². The maximum Gasteiger partial charge on any atom is 0.243 e. The average molecular weight is 489 g/mol. The van der Waals surface area contributed by atoms with E-state index in [4.69, 9.17) is 0 Å². The Kier molecular flexibility index (Phi) is 7.02. The highest BCUT2D eigenvalue weighted by Crippen LogP contribution is 2.28. The van der Waals surface area contributed by atoms with Gasteiger partial charge in [0.25, 0.3) is 0 Å². The summed E-state index contributed by atoms with van der Waals surface area (Å²) in [6.45, 7) is 0.995. The van der Waals surface area contributed by atoms with E-state index >= 15 is 0 Å². The van der Waals surface area contributed by atoms with Gasteiger partial charge in [-0.3, -0.25) is 19.2 Å². The van der Waals surface area contributed by atoms with E-state index < -0.39 is 24.2 Å². The lowest BCUT2D eigenvalue weighted by Crippen LogP contribution is -2.51. The maximum atomic E-state index is 13.5. The maximum absolute atomic E-state index is 13.5. The molecule has 188 valence electrons. The Balaban J connectivity index is 1.49. The van der Waals surface area contributed by atoms with Crippen molar-refractivity contribution in [3.8, 4) is 0 Å². The summed E-state index contributed by atoms with van der Waals surface area (Å²) in [7, 11) is 0. The Morgan fingerprint density at radius 1 is 0.583 bits per heavy atom. The third kappa shape index (κ3) is 4.98.